The Morgan fingerprint density at radius 3 is 0.981 bits per heavy atom. The molecule has 0 unspecified atom stereocenters. The summed E-state index contributed by atoms with van der Waals surface area (Å²) < 4.78 is 70.0. The molecule has 4 aromatic carbocycles. The van der Waals surface area contributed by atoms with Gasteiger partial charge in [0, 0.05) is 0 Å². The van der Waals surface area contributed by atoms with Crippen molar-refractivity contribution in [3.8, 4) is 0 Å². The van der Waals surface area contributed by atoms with Gasteiger partial charge < -0.3 is 9.11 Å². The van der Waals surface area contributed by atoms with Crippen molar-refractivity contribution in [2.24, 2.45) is 0 Å². The molecule has 0 heterocycles. The van der Waals surface area contributed by atoms with Crippen molar-refractivity contribution in [1.29, 1.82) is 0 Å². The van der Waals surface area contributed by atoms with E-state index in [9.17, 15) is 25.9 Å². The first-order valence-corrected chi connectivity index (χ1v) is 22.8. The van der Waals surface area contributed by atoms with Crippen molar-refractivity contribution in [1.82, 2.24) is 0 Å². The van der Waals surface area contributed by atoms with Crippen molar-refractivity contribution in [3.63, 3.8) is 0 Å². The molecular weight excluding hydrogens is 729 g/mol. The molecule has 0 radical (unpaired) electrons. The van der Waals surface area contributed by atoms with Gasteiger partial charge in [-0.15, -0.1) is 0 Å². The number of unbranched alkanes of at least 4 members (excludes halogenated alkanes) is 12. The maximum atomic E-state index is 11.7. The number of benzene rings is 4. The van der Waals surface area contributed by atoms with Crippen molar-refractivity contribution in [2.75, 3.05) is 0 Å². The molecule has 0 fully saturated rings. The van der Waals surface area contributed by atoms with Gasteiger partial charge in [0.05, 0.1) is 9.79 Å². The molecule has 0 atom stereocenters. The van der Waals surface area contributed by atoms with Gasteiger partial charge in [0.25, 0.3) is 0 Å². The number of rotatable bonds is 22. The molecule has 0 spiro atoms. The molecule has 6 nitrogen and oxygen atoms in total. The van der Waals surface area contributed by atoms with Gasteiger partial charge in [-0.05, 0) is 119 Å². The normalized spacial score (nSPS) is 11.7. The molecule has 0 saturated carbocycles. The van der Waals surface area contributed by atoms with Crippen LogP contribution in [0.4, 0.5) is 0 Å². The summed E-state index contributed by atoms with van der Waals surface area (Å²) in [4.78, 5) is -0.173. The molecule has 53 heavy (non-hydrogen) atoms. The molecule has 9 heteroatoms. The molecule has 0 amide bonds. The van der Waals surface area contributed by atoms with Crippen LogP contribution in [0.5, 0.6) is 0 Å². The maximum Gasteiger partial charge on any atom is 2.00 e. The summed E-state index contributed by atoms with van der Waals surface area (Å²) in [7, 11) is -8.90. The summed E-state index contributed by atoms with van der Waals surface area (Å²) >= 11 is 0. The third-order valence-electron chi connectivity index (χ3n) is 10.1. The fourth-order valence-corrected chi connectivity index (χ4v) is 8.20. The molecule has 0 aliphatic carbocycles. The number of hydrogen-bond acceptors (Lipinski definition) is 6. The quantitative estimate of drug-likeness (QED) is 0.0445. The average Bonchev–Trinajstić information content (AvgIpc) is 3.11. The molecule has 0 aliphatic rings. The molecule has 0 saturated heterocycles. The van der Waals surface area contributed by atoms with E-state index < -0.39 is 20.2 Å². The van der Waals surface area contributed by atoms with Crippen LogP contribution >= 0.6 is 0 Å². The average molecular weight is 791 g/mol. The zero-order valence-electron chi connectivity index (χ0n) is 32.9. The zero-order chi connectivity index (χ0) is 38.0. The van der Waals surface area contributed by atoms with Crippen LogP contribution in [0.2, 0.25) is 0 Å². The summed E-state index contributed by atoms with van der Waals surface area (Å²) in [6.45, 7) is 8.72. The van der Waals surface area contributed by atoms with Crippen molar-refractivity contribution >= 4 is 79.5 Å². The molecule has 4 aromatic rings. The third-order valence-corrected chi connectivity index (χ3v) is 11.7. The van der Waals surface area contributed by atoms with Gasteiger partial charge in [-0.3, -0.25) is 0 Å². The second-order valence-corrected chi connectivity index (χ2v) is 17.1. The Morgan fingerprint density at radius 1 is 0.396 bits per heavy atom. The van der Waals surface area contributed by atoms with Crippen molar-refractivity contribution < 1.29 is 25.9 Å². The first-order valence-electron chi connectivity index (χ1n) is 19.9. The maximum absolute atomic E-state index is 11.7. The van der Waals surface area contributed by atoms with Gasteiger partial charge in [-0.1, -0.05) is 141 Å². The van der Waals surface area contributed by atoms with Gasteiger partial charge >= 0.3 is 37.7 Å². The van der Waals surface area contributed by atoms with Gasteiger partial charge in [0.15, 0.2) is 0 Å². The Morgan fingerprint density at radius 2 is 0.698 bits per heavy atom. The Labute approximate surface area is 351 Å². The standard InChI is InChI=1S/2C22H32O3S.Ca/c2*1-3-5-7-9-12-18-14-11-15-21-19(13-10-8-6-4-2)16-20(17-22(18)21)26(23,24)25;/h2*11,14-17H,3-10,12-13H2,1-2H3,(H,23,24,25);/q;;+2/p-2. The van der Waals surface area contributed by atoms with Crippen LogP contribution in [-0.4, -0.2) is 63.7 Å². The van der Waals surface area contributed by atoms with E-state index in [1.54, 1.807) is 24.3 Å². The van der Waals surface area contributed by atoms with Gasteiger partial charge in [0.1, 0.15) is 20.2 Å². The first-order chi connectivity index (χ1) is 24.9. The molecule has 0 aromatic heterocycles. The predicted octanol–water partition coefficient (Wildman–Crippen LogP) is 11.6. The Bertz CT molecular complexity index is 1770. The SMILES string of the molecule is CCCCCCc1cc(S(=O)(=O)[O-])cc2c(CCCCCC)cccc12.CCCCCCc1cc(S(=O)(=O)[O-])cc2c(CCCCCC)cccc12.[Ca+2]. The molecule has 0 aliphatic heterocycles. The molecular formula is C44H62CaO6S2. The molecule has 0 N–H and O–H groups in total. The van der Waals surface area contributed by atoms with Crippen LogP contribution in [0.25, 0.3) is 21.5 Å². The Kier molecular flexibility index (Phi) is 22.4. The van der Waals surface area contributed by atoms with Gasteiger partial charge in [-0.2, -0.15) is 0 Å². The minimum atomic E-state index is -4.45. The van der Waals surface area contributed by atoms with Gasteiger partial charge in [-0.25, -0.2) is 16.8 Å². The van der Waals surface area contributed by atoms with Crippen LogP contribution in [0.3, 0.4) is 0 Å². The second-order valence-electron chi connectivity index (χ2n) is 14.3. The van der Waals surface area contributed by atoms with E-state index >= 15 is 0 Å². The minimum absolute atomic E-state index is 0. The molecule has 288 valence electrons. The Hall–Kier alpha value is -1.52. The number of aryl methyl sites for hydroxylation is 4. The van der Waals surface area contributed by atoms with Crippen LogP contribution in [0.15, 0.2) is 70.5 Å². The monoisotopic (exact) mass is 790 g/mol. The summed E-state index contributed by atoms with van der Waals surface area (Å²) in [6.07, 6.45) is 21.8. The van der Waals surface area contributed by atoms with Crippen LogP contribution in [0.1, 0.15) is 153 Å². The Balaban J connectivity index is 0.000000360. The topological polar surface area (TPSA) is 114 Å². The van der Waals surface area contributed by atoms with Gasteiger partial charge in [0.2, 0.25) is 0 Å². The zero-order valence-corrected chi connectivity index (χ0v) is 36.7. The first kappa shape index (κ1) is 47.6. The smallest absolute Gasteiger partial charge is 0.744 e. The van der Waals surface area contributed by atoms with E-state index in [1.807, 2.05) is 0 Å². The van der Waals surface area contributed by atoms with E-state index in [1.165, 1.54) is 51.4 Å². The van der Waals surface area contributed by atoms with E-state index in [2.05, 4.69) is 64.1 Å². The second kappa shape index (κ2) is 24.9. The summed E-state index contributed by atoms with van der Waals surface area (Å²) in [5.41, 5.74) is 4.28. The molecule has 4 rings (SSSR count). The van der Waals surface area contributed by atoms with E-state index in [0.717, 1.165) is 121 Å². The van der Waals surface area contributed by atoms with E-state index in [0.29, 0.717) is 0 Å². The van der Waals surface area contributed by atoms with E-state index in [4.69, 9.17) is 0 Å². The molecule has 0 bridgehead atoms. The summed E-state index contributed by atoms with van der Waals surface area (Å²) in [6, 6.07) is 18.7. The largest absolute Gasteiger partial charge is 2.00 e. The minimum Gasteiger partial charge on any atom is -0.744 e. The van der Waals surface area contributed by atoms with Crippen molar-refractivity contribution in [3.05, 3.63) is 82.9 Å². The van der Waals surface area contributed by atoms with Crippen LogP contribution in [-0.2, 0) is 45.9 Å². The van der Waals surface area contributed by atoms with Crippen LogP contribution in [0, 0.1) is 0 Å². The van der Waals surface area contributed by atoms with Crippen LogP contribution < -0.4 is 0 Å². The summed E-state index contributed by atoms with van der Waals surface area (Å²) in [5.74, 6) is 0. The third kappa shape index (κ3) is 15.9. The van der Waals surface area contributed by atoms with Crippen molar-refractivity contribution in [2.45, 2.75) is 166 Å². The number of hydrogen-bond donors (Lipinski definition) is 0. The fourth-order valence-electron chi connectivity index (χ4n) is 7.10. The van der Waals surface area contributed by atoms with E-state index in [-0.39, 0.29) is 47.5 Å². The number of fused-ring (bicyclic) bond motifs is 2. The fraction of sp³-hybridized carbons (Fsp3) is 0.545. The predicted molar refractivity (Wildman–Crippen MR) is 221 cm³/mol. The summed E-state index contributed by atoms with van der Waals surface area (Å²) in [5, 5.41) is 4.07.